The van der Waals surface area contributed by atoms with E-state index in [1.54, 1.807) is 36.4 Å². The van der Waals surface area contributed by atoms with E-state index in [0.29, 0.717) is 41.0 Å². The molecule has 0 atom stereocenters. The van der Waals surface area contributed by atoms with Crippen LogP contribution in [-0.2, 0) is 11.2 Å². The lowest BCUT2D eigenvalue weighted by atomic mass is 10.1. The van der Waals surface area contributed by atoms with E-state index in [2.05, 4.69) is 5.32 Å². The van der Waals surface area contributed by atoms with Gasteiger partial charge in [0.2, 0.25) is 5.91 Å². The molecule has 2 rings (SSSR count). The van der Waals surface area contributed by atoms with Gasteiger partial charge < -0.3 is 20.5 Å². The summed E-state index contributed by atoms with van der Waals surface area (Å²) in [6, 6.07) is 10.0. The molecule has 2 aromatic carbocycles. The SMILES string of the molecule is CCCOc1c(Cl)cc(C(=O)Nc2ccc(CC(N)=O)cc2)cc1OCC. The summed E-state index contributed by atoms with van der Waals surface area (Å²) in [6.45, 7) is 4.76. The van der Waals surface area contributed by atoms with E-state index in [1.165, 1.54) is 0 Å². The quantitative estimate of drug-likeness (QED) is 0.681. The Morgan fingerprint density at radius 1 is 1.11 bits per heavy atom. The average molecular weight is 391 g/mol. The predicted octanol–water partition coefficient (Wildman–Crippen LogP) is 3.81. The van der Waals surface area contributed by atoms with E-state index in [4.69, 9.17) is 26.8 Å². The van der Waals surface area contributed by atoms with Crippen molar-refractivity contribution in [2.24, 2.45) is 5.73 Å². The molecule has 0 aromatic heterocycles. The third-order valence-corrected chi connectivity index (χ3v) is 3.89. The molecule has 0 fully saturated rings. The number of carbonyl (C=O) groups is 2. The van der Waals surface area contributed by atoms with Crippen molar-refractivity contribution in [2.75, 3.05) is 18.5 Å². The molecule has 0 radical (unpaired) electrons. The van der Waals surface area contributed by atoms with Crippen molar-refractivity contribution in [1.82, 2.24) is 0 Å². The Hall–Kier alpha value is -2.73. The van der Waals surface area contributed by atoms with Crippen LogP contribution < -0.4 is 20.5 Å². The molecule has 0 saturated carbocycles. The van der Waals surface area contributed by atoms with Gasteiger partial charge in [-0.2, -0.15) is 0 Å². The number of hydrogen-bond acceptors (Lipinski definition) is 4. The second-order valence-electron chi connectivity index (χ2n) is 5.86. The third-order valence-electron chi connectivity index (χ3n) is 3.61. The van der Waals surface area contributed by atoms with Crippen LogP contribution in [0.4, 0.5) is 5.69 Å². The molecule has 0 heterocycles. The fourth-order valence-electron chi connectivity index (χ4n) is 2.42. The zero-order valence-electron chi connectivity index (χ0n) is 15.4. The fourth-order valence-corrected chi connectivity index (χ4v) is 2.68. The highest BCUT2D eigenvalue weighted by atomic mass is 35.5. The highest BCUT2D eigenvalue weighted by molar-refractivity contribution is 6.32. The smallest absolute Gasteiger partial charge is 0.255 e. The van der Waals surface area contributed by atoms with Crippen molar-refractivity contribution >= 4 is 29.1 Å². The maximum absolute atomic E-state index is 12.6. The second-order valence-corrected chi connectivity index (χ2v) is 6.27. The van der Waals surface area contributed by atoms with Crippen LogP contribution in [0.1, 0.15) is 36.2 Å². The lowest BCUT2D eigenvalue weighted by Crippen LogP contribution is -2.14. The van der Waals surface area contributed by atoms with E-state index in [1.807, 2.05) is 13.8 Å². The molecule has 6 nitrogen and oxygen atoms in total. The molecule has 144 valence electrons. The Balaban J connectivity index is 2.18. The number of hydrogen-bond donors (Lipinski definition) is 2. The molecule has 0 saturated heterocycles. The van der Waals surface area contributed by atoms with Gasteiger partial charge in [0.25, 0.3) is 5.91 Å². The van der Waals surface area contributed by atoms with Crippen LogP contribution in [0.3, 0.4) is 0 Å². The highest BCUT2D eigenvalue weighted by Gasteiger charge is 2.16. The maximum atomic E-state index is 12.6. The van der Waals surface area contributed by atoms with Gasteiger partial charge in [-0.1, -0.05) is 30.7 Å². The van der Waals surface area contributed by atoms with Crippen molar-refractivity contribution in [3.8, 4) is 11.5 Å². The van der Waals surface area contributed by atoms with Crippen LogP contribution in [-0.4, -0.2) is 25.0 Å². The first kappa shape index (κ1) is 20.6. The molecular weight excluding hydrogens is 368 g/mol. The minimum absolute atomic E-state index is 0.154. The van der Waals surface area contributed by atoms with E-state index in [-0.39, 0.29) is 12.3 Å². The Labute approximate surface area is 163 Å². The molecule has 0 aliphatic rings. The Kier molecular flexibility index (Phi) is 7.49. The van der Waals surface area contributed by atoms with E-state index >= 15 is 0 Å². The molecule has 2 amide bonds. The van der Waals surface area contributed by atoms with Gasteiger partial charge in [-0.05, 0) is 43.2 Å². The minimum atomic E-state index is -0.407. The summed E-state index contributed by atoms with van der Waals surface area (Å²) in [5.74, 6) is 0.130. The van der Waals surface area contributed by atoms with Crippen LogP contribution in [0.25, 0.3) is 0 Å². The van der Waals surface area contributed by atoms with Gasteiger partial charge >= 0.3 is 0 Å². The summed E-state index contributed by atoms with van der Waals surface area (Å²) >= 11 is 6.29. The summed E-state index contributed by atoms with van der Waals surface area (Å²) in [5, 5.41) is 3.10. The summed E-state index contributed by atoms with van der Waals surface area (Å²) in [7, 11) is 0. The number of carbonyl (C=O) groups excluding carboxylic acids is 2. The summed E-state index contributed by atoms with van der Waals surface area (Å²) < 4.78 is 11.2. The summed E-state index contributed by atoms with van der Waals surface area (Å²) in [5.41, 5.74) is 6.90. The number of anilines is 1. The van der Waals surface area contributed by atoms with Crippen molar-refractivity contribution in [1.29, 1.82) is 0 Å². The summed E-state index contributed by atoms with van der Waals surface area (Å²) in [6.07, 6.45) is 0.983. The zero-order chi connectivity index (χ0) is 19.8. The molecule has 0 unspecified atom stereocenters. The van der Waals surface area contributed by atoms with Gasteiger partial charge in [0.15, 0.2) is 11.5 Å². The van der Waals surface area contributed by atoms with Crippen LogP contribution in [0.2, 0.25) is 5.02 Å². The van der Waals surface area contributed by atoms with Gasteiger partial charge in [0, 0.05) is 11.3 Å². The molecule has 7 heteroatoms. The topological polar surface area (TPSA) is 90.6 Å². The van der Waals surface area contributed by atoms with Crippen LogP contribution in [0, 0.1) is 0 Å². The number of rotatable bonds is 9. The van der Waals surface area contributed by atoms with Crippen molar-refractivity contribution in [3.05, 3.63) is 52.5 Å². The molecular formula is C20H23ClN2O4. The Bertz CT molecular complexity index is 806. The standard InChI is InChI=1S/C20H23ClN2O4/c1-3-9-27-19-16(21)11-14(12-17(19)26-4-2)20(25)23-15-7-5-13(6-8-15)10-18(22)24/h5-8,11-12H,3-4,9-10H2,1-2H3,(H2,22,24)(H,23,25). The highest BCUT2D eigenvalue weighted by Crippen LogP contribution is 2.37. The van der Waals surface area contributed by atoms with Gasteiger partial charge in [-0.3, -0.25) is 9.59 Å². The van der Waals surface area contributed by atoms with E-state index in [0.717, 1.165) is 12.0 Å². The fraction of sp³-hybridized carbons (Fsp3) is 0.300. The van der Waals surface area contributed by atoms with Crippen LogP contribution >= 0.6 is 11.6 Å². The molecule has 27 heavy (non-hydrogen) atoms. The van der Waals surface area contributed by atoms with Crippen LogP contribution in [0.15, 0.2) is 36.4 Å². The number of nitrogens with one attached hydrogen (secondary N) is 1. The van der Waals surface area contributed by atoms with Crippen molar-refractivity contribution in [2.45, 2.75) is 26.7 Å². The zero-order valence-corrected chi connectivity index (χ0v) is 16.1. The minimum Gasteiger partial charge on any atom is -0.490 e. The number of amides is 2. The molecule has 0 bridgehead atoms. The van der Waals surface area contributed by atoms with Gasteiger partial charge in [0.05, 0.1) is 24.7 Å². The summed E-state index contributed by atoms with van der Waals surface area (Å²) in [4.78, 5) is 23.5. The first-order valence-electron chi connectivity index (χ1n) is 8.72. The molecule has 2 aromatic rings. The van der Waals surface area contributed by atoms with Gasteiger partial charge in [-0.15, -0.1) is 0 Å². The number of halogens is 1. The Morgan fingerprint density at radius 3 is 2.41 bits per heavy atom. The van der Waals surface area contributed by atoms with Gasteiger partial charge in [0.1, 0.15) is 0 Å². The van der Waals surface area contributed by atoms with Crippen LogP contribution in [0.5, 0.6) is 11.5 Å². The number of benzene rings is 2. The number of nitrogens with two attached hydrogens (primary N) is 1. The lowest BCUT2D eigenvalue weighted by molar-refractivity contribution is -0.117. The molecule has 0 aliphatic carbocycles. The monoisotopic (exact) mass is 390 g/mol. The Morgan fingerprint density at radius 2 is 1.81 bits per heavy atom. The van der Waals surface area contributed by atoms with Crippen molar-refractivity contribution < 1.29 is 19.1 Å². The first-order chi connectivity index (χ1) is 12.9. The molecule has 3 N–H and O–H groups in total. The lowest BCUT2D eigenvalue weighted by Gasteiger charge is -2.15. The van der Waals surface area contributed by atoms with Crippen molar-refractivity contribution in [3.63, 3.8) is 0 Å². The van der Waals surface area contributed by atoms with E-state index in [9.17, 15) is 9.59 Å². The predicted molar refractivity (Wildman–Crippen MR) is 106 cm³/mol. The van der Waals surface area contributed by atoms with Gasteiger partial charge in [-0.25, -0.2) is 0 Å². The van der Waals surface area contributed by atoms with E-state index < -0.39 is 5.91 Å². The maximum Gasteiger partial charge on any atom is 0.255 e. The average Bonchev–Trinajstić information content (AvgIpc) is 2.62. The second kappa shape index (κ2) is 9.83. The first-order valence-corrected chi connectivity index (χ1v) is 9.10. The normalized spacial score (nSPS) is 10.3. The largest absolute Gasteiger partial charge is 0.490 e. The number of ether oxygens (including phenoxy) is 2. The number of primary amides is 1. The third kappa shape index (κ3) is 5.89. The molecule has 0 aliphatic heterocycles. The molecule has 0 spiro atoms.